The molecule has 4 aromatic rings. The number of ether oxygens (including phenoxy) is 4. The van der Waals surface area contributed by atoms with Crippen LogP contribution in [-0.2, 0) is 11.4 Å². The topological polar surface area (TPSA) is 104 Å². The summed E-state index contributed by atoms with van der Waals surface area (Å²) in [7, 11) is 0. The van der Waals surface area contributed by atoms with Gasteiger partial charge in [-0.2, -0.15) is 5.26 Å². The first-order valence-corrected chi connectivity index (χ1v) is 12.5. The molecule has 1 aliphatic rings. The number of carbonyl (C=O) groups excluding carboxylic acids is 1. The Morgan fingerprint density at radius 2 is 1.67 bits per heavy atom. The average molecular weight is 539 g/mol. The summed E-state index contributed by atoms with van der Waals surface area (Å²) in [6.07, 6.45) is 0. The molecule has 0 aromatic heterocycles. The second-order valence-corrected chi connectivity index (χ2v) is 9.12. The van der Waals surface area contributed by atoms with Crippen LogP contribution in [0.15, 0.2) is 109 Å². The SMILES string of the molecule is N#CC1=C(N)Oc2cc(OC(=O)COc3cccc(Cl)c3)ccc2C1c1ccc(OCc2ccccc2)cc1. The van der Waals surface area contributed by atoms with E-state index in [1.54, 1.807) is 42.5 Å². The molecule has 1 unspecified atom stereocenters. The number of benzene rings is 4. The molecule has 2 N–H and O–H groups in total. The predicted molar refractivity (Wildman–Crippen MR) is 146 cm³/mol. The first-order valence-electron chi connectivity index (χ1n) is 12.1. The highest BCUT2D eigenvalue weighted by Gasteiger charge is 2.31. The van der Waals surface area contributed by atoms with Crippen molar-refractivity contribution in [1.29, 1.82) is 5.26 Å². The molecule has 1 atom stereocenters. The standard InChI is InChI=1S/C31H23ClN2O5/c32-22-7-4-8-24(15-22)37-19-29(35)38-25-13-14-26-28(16-25)39-31(34)27(17-33)30(26)21-9-11-23(12-10-21)36-18-20-5-2-1-3-6-20/h1-16,30H,18-19,34H2. The molecule has 4 aromatic carbocycles. The van der Waals surface area contributed by atoms with E-state index in [9.17, 15) is 10.1 Å². The van der Waals surface area contributed by atoms with Gasteiger partial charge in [-0.25, -0.2) is 4.79 Å². The number of fused-ring (bicyclic) bond motifs is 1. The van der Waals surface area contributed by atoms with E-state index in [1.165, 1.54) is 0 Å². The molecule has 0 bridgehead atoms. The van der Waals surface area contributed by atoms with Gasteiger partial charge >= 0.3 is 5.97 Å². The molecular weight excluding hydrogens is 516 g/mol. The van der Waals surface area contributed by atoms with Gasteiger partial charge in [0.1, 0.15) is 41.2 Å². The number of hydrogen-bond acceptors (Lipinski definition) is 7. The van der Waals surface area contributed by atoms with Gasteiger partial charge in [-0.3, -0.25) is 0 Å². The molecule has 39 heavy (non-hydrogen) atoms. The average Bonchev–Trinajstić information content (AvgIpc) is 2.95. The molecule has 1 aliphatic heterocycles. The molecule has 0 saturated carbocycles. The van der Waals surface area contributed by atoms with Gasteiger partial charge in [0.25, 0.3) is 0 Å². The Morgan fingerprint density at radius 1 is 0.897 bits per heavy atom. The number of allylic oxidation sites excluding steroid dienone is 1. The molecule has 7 nitrogen and oxygen atoms in total. The fourth-order valence-corrected chi connectivity index (χ4v) is 4.38. The van der Waals surface area contributed by atoms with Crippen molar-refractivity contribution in [1.82, 2.24) is 0 Å². The maximum absolute atomic E-state index is 12.4. The van der Waals surface area contributed by atoms with Crippen molar-refractivity contribution in [2.45, 2.75) is 12.5 Å². The summed E-state index contributed by atoms with van der Waals surface area (Å²) in [6.45, 7) is 0.141. The molecule has 8 heteroatoms. The van der Waals surface area contributed by atoms with E-state index >= 15 is 0 Å². The summed E-state index contributed by atoms with van der Waals surface area (Å²) >= 11 is 5.94. The van der Waals surface area contributed by atoms with Crippen molar-refractivity contribution in [2.24, 2.45) is 5.73 Å². The van der Waals surface area contributed by atoms with Crippen molar-refractivity contribution >= 4 is 17.6 Å². The number of hydrogen-bond donors (Lipinski definition) is 1. The minimum absolute atomic E-state index is 0.00725. The summed E-state index contributed by atoms with van der Waals surface area (Å²) in [5, 5.41) is 10.3. The minimum Gasteiger partial charge on any atom is -0.489 e. The highest BCUT2D eigenvalue weighted by atomic mass is 35.5. The van der Waals surface area contributed by atoms with Gasteiger partial charge in [0.15, 0.2) is 6.61 Å². The first-order chi connectivity index (χ1) is 19.0. The number of esters is 1. The van der Waals surface area contributed by atoms with E-state index < -0.39 is 11.9 Å². The van der Waals surface area contributed by atoms with E-state index in [0.717, 1.165) is 11.1 Å². The Morgan fingerprint density at radius 3 is 2.41 bits per heavy atom. The lowest BCUT2D eigenvalue weighted by Gasteiger charge is -2.26. The zero-order chi connectivity index (χ0) is 27.2. The van der Waals surface area contributed by atoms with Crippen LogP contribution in [0.3, 0.4) is 0 Å². The summed E-state index contributed by atoms with van der Waals surface area (Å²) in [5.74, 6) is 0.730. The Hall–Kier alpha value is -4.93. The molecule has 0 radical (unpaired) electrons. The fourth-order valence-electron chi connectivity index (χ4n) is 4.20. The lowest BCUT2D eigenvalue weighted by atomic mass is 9.83. The largest absolute Gasteiger partial charge is 0.489 e. The van der Waals surface area contributed by atoms with E-state index in [1.807, 2.05) is 54.6 Å². The molecule has 0 aliphatic carbocycles. The molecule has 194 valence electrons. The molecule has 0 saturated heterocycles. The van der Waals surface area contributed by atoms with Crippen LogP contribution in [0.2, 0.25) is 5.02 Å². The lowest BCUT2D eigenvalue weighted by molar-refractivity contribution is -0.136. The summed E-state index contributed by atoms with van der Waals surface area (Å²) < 4.78 is 22.5. The van der Waals surface area contributed by atoms with Gasteiger partial charge in [0.05, 0.1) is 5.92 Å². The second-order valence-electron chi connectivity index (χ2n) is 8.69. The maximum atomic E-state index is 12.4. The van der Waals surface area contributed by atoms with Crippen molar-refractivity contribution in [3.8, 4) is 29.1 Å². The quantitative estimate of drug-likeness (QED) is 0.213. The van der Waals surface area contributed by atoms with Gasteiger partial charge < -0.3 is 24.7 Å². The Bertz CT molecular complexity index is 1560. The smallest absolute Gasteiger partial charge is 0.349 e. The predicted octanol–water partition coefficient (Wildman–Crippen LogP) is 6.12. The monoisotopic (exact) mass is 538 g/mol. The number of nitriles is 1. The molecule has 0 amide bonds. The van der Waals surface area contributed by atoms with Crippen LogP contribution < -0.4 is 24.7 Å². The third kappa shape index (κ3) is 6.15. The number of rotatable bonds is 8. The molecule has 5 rings (SSSR count). The maximum Gasteiger partial charge on any atom is 0.349 e. The van der Waals surface area contributed by atoms with Gasteiger partial charge in [-0.15, -0.1) is 0 Å². The highest BCUT2D eigenvalue weighted by Crippen LogP contribution is 2.43. The number of nitrogens with two attached hydrogens (primary N) is 1. The van der Waals surface area contributed by atoms with E-state index in [0.29, 0.717) is 40.0 Å². The van der Waals surface area contributed by atoms with Crippen LogP contribution in [0.4, 0.5) is 0 Å². The number of halogens is 1. The third-order valence-corrected chi connectivity index (χ3v) is 6.27. The van der Waals surface area contributed by atoms with Crippen LogP contribution in [0.25, 0.3) is 0 Å². The fraction of sp³-hybridized carbons (Fsp3) is 0.0968. The molecule has 1 heterocycles. The summed E-state index contributed by atoms with van der Waals surface area (Å²) in [4.78, 5) is 12.4. The van der Waals surface area contributed by atoms with Crippen molar-refractivity contribution in [3.05, 3.63) is 130 Å². The van der Waals surface area contributed by atoms with Crippen LogP contribution in [-0.4, -0.2) is 12.6 Å². The zero-order valence-corrected chi connectivity index (χ0v) is 21.4. The van der Waals surface area contributed by atoms with E-state index in [-0.39, 0.29) is 18.2 Å². The van der Waals surface area contributed by atoms with E-state index in [2.05, 4.69) is 6.07 Å². The van der Waals surface area contributed by atoms with Crippen molar-refractivity contribution in [2.75, 3.05) is 6.61 Å². The van der Waals surface area contributed by atoms with Crippen LogP contribution in [0, 0.1) is 11.3 Å². The first kappa shape index (κ1) is 25.7. The Kier molecular flexibility index (Phi) is 7.67. The lowest BCUT2D eigenvalue weighted by Crippen LogP contribution is -2.21. The molecular formula is C31H23ClN2O5. The second kappa shape index (κ2) is 11.6. The minimum atomic E-state index is -0.602. The Balaban J connectivity index is 1.31. The summed E-state index contributed by atoms with van der Waals surface area (Å²) in [5.41, 5.74) is 9.03. The third-order valence-electron chi connectivity index (χ3n) is 6.04. The van der Waals surface area contributed by atoms with E-state index in [4.69, 9.17) is 36.3 Å². The van der Waals surface area contributed by atoms with Gasteiger partial charge in [0.2, 0.25) is 5.88 Å². The summed E-state index contributed by atoms with van der Waals surface area (Å²) in [6, 6.07) is 31.2. The van der Waals surface area contributed by atoms with Crippen molar-refractivity contribution in [3.63, 3.8) is 0 Å². The normalized spacial score (nSPS) is 14.0. The van der Waals surface area contributed by atoms with Gasteiger partial charge in [-0.05, 0) is 47.5 Å². The van der Waals surface area contributed by atoms with Gasteiger partial charge in [-0.1, -0.05) is 66.2 Å². The zero-order valence-electron chi connectivity index (χ0n) is 20.7. The van der Waals surface area contributed by atoms with Crippen molar-refractivity contribution < 1.29 is 23.7 Å². The highest BCUT2D eigenvalue weighted by molar-refractivity contribution is 6.30. The Labute approximate surface area is 230 Å². The molecule has 0 spiro atoms. The van der Waals surface area contributed by atoms with Gasteiger partial charge in [0, 0.05) is 16.7 Å². The van der Waals surface area contributed by atoms with Crippen LogP contribution in [0.1, 0.15) is 22.6 Å². The van der Waals surface area contributed by atoms with Crippen LogP contribution >= 0.6 is 11.6 Å². The number of nitrogens with zero attached hydrogens (tertiary/aromatic N) is 1. The van der Waals surface area contributed by atoms with Crippen LogP contribution in [0.5, 0.6) is 23.0 Å². The number of carbonyl (C=O) groups is 1. The molecule has 0 fully saturated rings.